The fourth-order valence-corrected chi connectivity index (χ4v) is 5.00. The number of rotatable bonds is 4. The number of hydrogen-bond donors (Lipinski definition) is 0. The molecule has 0 bridgehead atoms. The van der Waals surface area contributed by atoms with Gasteiger partial charge in [0.1, 0.15) is 0 Å². The molecule has 96 valence electrons. The van der Waals surface area contributed by atoms with Crippen LogP contribution in [0.25, 0.3) is 0 Å². The molecule has 0 heterocycles. The Hall–Kier alpha value is 0.480. The normalized spacial score (nSPS) is 33.8. The van der Waals surface area contributed by atoms with Crippen LogP contribution in [0, 0.1) is 23.2 Å². The lowest BCUT2D eigenvalue weighted by Crippen LogP contribution is -2.36. The Morgan fingerprint density at radius 2 is 1.94 bits per heavy atom. The van der Waals surface area contributed by atoms with Crippen LogP contribution in [0.15, 0.2) is 0 Å². The number of hydrogen-bond acceptors (Lipinski definition) is 0. The van der Waals surface area contributed by atoms with Crippen molar-refractivity contribution in [3.05, 3.63) is 0 Å². The lowest BCUT2D eigenvalue weighted by Gasteiger charge is -2.43. The second-order valence-corrected chi connectivity index (χ2v) is 7.92. The lowest BCUT2D eigenvalue weighted by molar-refractivity contribution is 0.117. The van der Waals surface area contributed by atoms with E-state index in [9.17, 15) is 0 Å². The molecule has 0 N–H and O–H groups in total. The maximum absolute atomic E-state index is 3.94. The van der Waals surface area contributed by atoms with E-state index >= 15 is 0 Å². The Balaban J connectivity index is 2.60. The van der Waals surface area contributed by atoms with E-state index in [1.807, 2.05) is 0 Å². The zero-order valence-corrected chi connectivity index (χ0v) is 13.3. The van der Waals surface area contributed by atoms with Crippen LogP contribution in [-0.4, -0.2) is 4.83 Å². The molecule has 1 heteroatoms. The predicted molar refractivity (Wildman–Crippen MR) is 77.1 cm³/mol. The van der Waals surface area contributed by atoms with Crippen molar-refractivity contribution < 1.29 is 0 Å². The van der Waals surface area contributed by atoms with Crippen LogP contribution in [0.2, 0.25) is 0 Å². The molecule has 0 saturated heterocycles. The average Bonchev–Trinajstić information content (AvgIpc) is 2.16. The molecule has 1 aliphatic carbocycles. The maximum atomic E-state index is 3.94. The summed E-state index contributed by atoms with van der Waals surface area (Å²) in [5.74, 6) is 2.66. The van der Waals surface area contributed by atoms with Gasteiger partial charge in [0.05, 0.1) is 0 Å². The van der Waals surface area contributed by atoms with Crippen LogP contribution < -0.4 is 0 Å². The first-order chi connectivity index (χ1) is 7.36. The first-order valence-corrected chi connectivity index (χ1v) is 7.92. The standard InChI is InChI=1S/C15H29Br/c1-6-11(2)10-15(4,5)13-8-7-12(3)9-14(13)16/h11-14H,6-10H2,1-5H3. The third kappa shape index (κ3) is 3.75. The van der Waals surface area contributed by atoms with Crippen LogP contribution in [-0.2, 0) is 0 Å². The molecule has 0 aromatic carbocycles. The van der Waals surface area contributed by atoms with Gasteiger partial charge in [0.15, 0.2) is 0 Å². The second-order valence-electron chi connectivity index (χ2n) is 6.75. The Kier molecular flexibility index (Phi) is 5.35. The molecule has 0 amide bonds. The second kappa shape index (κ2) is 5.89. The summed E-state index contributed by atoms with van der Waals surface area (Å²) in [6, 6.07) is 0. The summed E-state index contributed by atoms with van der Waals surface area (Å²) < 4.78 is 0. The van der Waals surface area contributed by atoms with Gasteiger partial charge in [-0.3, -0.25) is 0 Å². The van der Waals surface area contributed by atoms with E-state index < -0.39 is 0 Å². The summed E-state index contributed by atoms with van der Waals surface area (Å²) in [5, 5.41) is 0. The highest BCUT2D eigenvalue weighted by molar-refractivity contribution is 9.09. The van der Waals surface area contributed by atoms with E-state index in [0.29, 0.717) is 5.41 Å². The molecule has 4 unspecified atom stereocenters. The van der Waals surface area contributed by atoms with Crippen molar-refractivity contribution in [2.45, 2.75) is 71.5 Å². The van der Waals surface area contributed by atoms with Crippen molar-refractivity contribution in [3.8, 4) is 0 Å². The minimum absolute atomic E-state index is 0.504. The van der Waals surface area contributed by atoms with E-state index in [4.69, 9.17) is 0 Å². The summed E-state index contributed by atoms with van der Waals surface area (Å²) in [7, 11) is 0. The molecule has 1 fully saturated rings. The highest BCUT2D eigenvalue weighted by atomic mass is 79.9. The maximum Gasteiger partial charge on any atom is 0.0181 e. The molecule has 0 spiro atoms. The summed E-state index contributed by atoms with van der Waals surface area (Å²) >= 11 is 3.94. The third-order valence-electron chi connectivity index (χ3n) is 4.61. The van der Waals surface area contributed by atoms with Crippen molar-refractivity contribution >= 4 is 15.9 Å². The third-order valence-corrected chi connectivity index (χ3v) is 5.62. The van der Waals surface area contributed by atoms with Crippen molar-refractivity contribution in [1.82, 2.24) is 0 Å². The Bertz CT molecular complexity index is 209. The number of alkyl halides is 1. The van der Waals surface area contributed by atoms with Crippen LogP contribution in [0.1, 0.15) is 66.7 Å². The van der Waals surface area contributed by atoms with Gasteiger partial charge in [-0.2, -0.15) is 0 Å². The molecular formula is C15H29Br. The van der Waals surface area contributed by atoms with Crippen molar-refractivity contribution in [3.63, 3.8) is 0 Å². The number of halogens is 1. The summed E-state index contributed by atoms with van der Waals surface area (Å²) in [5.41, 5.74) is 0.504. The van der Waals surface area contributed by atoms with Crippen LogP contribution in [0.4, 0.5) is 0 Å². The Labute approximate surface area is 111 Å². The van der Waals surface area contributed by atoms with Crippen molar-refractivity contribution in [2.75, 3.05) is 0 Å². The minimum atomic E-state index is 0.504. The monoisotopic (exact) mass is 288 g/mol. The SMILES string of the molecule is CCC(C)CC(C)(C)C1CCC(C)CC1Br. The van der Waals surface area contributed by atoms with E-state index in [1.54, 1.807) is 0 Å². The minimum Gasteiger partial charge on any atom is -0.0887 e. The summed E-state index contributed by atoms with van der Waals surface area (Å²) in [4.78, 5) is 0.746. The van der Waals surface area contributed by atoms with Crippen LogP contribution in [0.5, 0.6) is 0 Å². The van der Waals surface area contributed by atoms with Gasteiger partial charge in [0.2, 0.25) is 0 Å². The molecule has 0 aromatic rings. The first kappa shape index (κ1) is 14.5. The average molecular weight is 289 g/mol. The van der Waals surface area contributed by atoms with Crippen LogP contribution in [0.3, 0.4) is 0 Å². The van der Waals surface area contributed by atoms with Gasteiger partial charge in [0.25, 0.3) is 0 Å². The van der Waals surface area contributed by atoms with Gasteiger partial charge in [0, 0.05) is 4.83 Å². The van der Waals surface area contributed by atoms with E-state index in [2.05, 4.69) is 50.5 Å². The molecule has 0 radical (unpaired) electrons. The molecular weight excluding hydrogens is 260 g/mol. The molecule has 16 heavy (non-hydrogen) atoms. The Morgan fingerprint density at radius 3 is 2.44 bits per heavy atom. The van der Waals surface area contributed by atoms with E-state index in [-0.39, 0.29) is 0 Å². The van der Waals surface area contributed by atoms with E-state index in [1.165, 1.54) is 32.1 Å². The zero-order valence-electron chi connectivity index (χ0n) is 11.7. The zero-order chi connectivity index (χ0) is 12.3. The van der Waals surface area contributed by atoms with Crippen molar-refractivity contribution in [2.24, 2.45) is 23.2 Å². The molecule has 1 aliphatic rings. The summed E-state index contributed by atoms with van der Waals surface area (Å²) in [6.45, 7) is 12.1. The van der Waals surface area contributed by atoms with Gasteiger partial charge in [-0.1, -0.05) is 63.4 Å². The van der Waals surface area contributed by atoms with E-state index in [0.717, 1.165) is 22.6 Å². The fourth-order valence-electron chi connectivity index (χ4n) is 3.39. The fraction of sp³-hybridized carbons (Fsp3) is 1.00. The smallest absolute Gasteiger partial charge is 0.0181 e. The van der Waals surface area contributed by atoms with Gasteiger partial charge >= 0.3 is 0 Å². The highest BCUT2D eigenvalue weighted by Gasteiger charge is 2.38. The first-order valence-electron chi connectivity index (χ1n) is 7.01. The molecule has 0 aromatic heterocycles. The highest BCUT2D eigenvalue weighted by Crippen LogP contribution is 2.46. The van der Waals surface area contributed by atoms with Crippen LogP contribution >= 0.6 is 15.9 Å². The topological polar surface area (TPSA) is 0 Å². The molecule has 1 saturated carbocycles. The molecule has 4 atom stereocenters. The largest absolute Gasteiger partial charge is 0.0887 e. The summed E-state index contributed by atoms with van der Waals surface area (Å²) in [6.07, 6.45) is 6.91. The quantitative estimate of drug-likeness (QED) is 0.587. The predicted octanol–water partition coefficient (Wildman–Crippen LogP) is 5.65. The van der Waals surface area contributed by atoms with Crippen molar-refractivity contribution in [1.29, 1.82) is 0 Å². The lowest BCUT2D eigenvalue weighted by atomic mass is 9.65. The van der Waals surface area contributed by atoms with Gasteiger partial charge in [-0.05, 0) is 42.4 Å². The van der Waals surface area contributed by atoms with Gasteiger partial charge in [-0.15, -0.1) is 0 Å². The van der Waals surface area contributed by atoms with Gasteiger partial charge in [-0.25, -0.2) is 0 Å². The molecule has 1 rings (SSSR count). The van der Waals surface area contributed by atoms with Gasteiger partial charge < -0.3 is 0 Å². The molecule has 0 aliphatic heterocycles. The Morgan fingerprint density at radius 1 is 1.31 bits per heavy atom. The molecule has 0 nitrogen and oxygen atoms in total.